The lowest BCUT2D eigenvalue weighted by Gasteiger charge is -2.16. The summed E-state index contributed by atoms with van der Waals surface area (Å²) in [6.45, 7) is 0.471. The van der Waals surface area contributed by atoms with Crippen LogP contribution in [0.1, 0.15) is 12.0 Å². The number of carbonyl (C=O) groups excluding carboxylic acids is 2. The van der Waals surface area contributed by atoms with Gasteiger partial charge in [0.05, 0.1) is 5.92 Å². The Bertz CT molecular complexity index is 717. The monoisotopic (exact) mass is 329 g/mol. The summed E-state index contributed by atoms with van der Waals surface area (Å²) in [7, 11) is 0. The second-order valence-electron chi connectivity index (χ2n) is 5.44. The third kappa shape index (κ3) is 3.54. The molecule has 23 heavy (non-hydrogen) atoms. The highest BCUT2D eigenvalue weighted by Crippen LogP contribution is 2.26. The van der Waals surface area contributed by atoms with Crippen LogP contribution in [0, 0.1) is 5.92 Å². The van der Waals surface area contributed by atoms with Gasteiger partial charge in [-0.2, -0.15) is 0 Å². The molecule has 0 saturated carbocycles. The lowest BCUT2D eigenvalue weighted by molar-refractivity contribution is -0.149. The summed E-state index contributed by atoms with van der Waals surface area (Å²) in [6, 6.07) is 16.6. The van der Waals surface area contributed by atoms with Crippen LogP contribution in [0.3, 0.4) is 0 Å². The summed E-state index contributed by atoms with van der Waals surface area (Å²) in [4.78, 5) is 25.9. The Hall–Kier alpha value is -2.33. The molecular weight excluding hydrogens is 314 g/mol. The van der Waals surface area contributed by atoms with Gasteiger partial charge in [0.2, 0.25) is 5.91 Å². The highest BCUT2D eigenvalue weighted by Gasteiger charge is 2.36. The van der Waals surface area contributed by atoms with E-state index >= 15 is 0 Å². The Morgan fingerprint density at radius 2 is 1.83 bits per heavy atom. The van der Waals surface area contributed by atoms with Crippen LogP contribution in [0.25, 0.3) is 0 Å². The van der Waals surface area contributed by atoms with Crippen LogP contribution in [0.5, 0.6) is 0 Å². The first kappa shape index (κ1) is 15.6. The Morgan fingerprint density at radius 1 is 1.13 bits per heavy atom. The van der Waals surface area contributed by atoms with Crippen LogP contribution in [0.4, 0.5) is 5.69 Å². The number of amides is 1. The molecular formula is C18H16ClNO3. The summed E-state index contributed by atoms with van der Waals surface area (Å²) < 4.78 is 5.32. The molecule has 0 spiro atoms. The molecule has 1 saturated heterocycles. The summed E-state index contributed by atoms with van der Waals surface area (Å²) in [6.07, 6.45) is 0.177. The maximum atomic E-state index is 12.2. The number of nitrogens with zero attached hydrogens (tertiary/aromatic N) is 1. The van der Waals surface area contributed by atoms with E-state index in [1.165, 1.54) is 0 Å². The minimum atomic E-state index is -0.440. The molecule has 3 rings (SSSR count). The third-order valence-corrected chi connectivity index (χ3v) is 4.22. The maximum Gasteiger partial charge on any atom is 0.311 e. The average Bonchev–Trinajstić information content (AvgIpc) is 2.96. The van der Waals surface area contributed by atoms with E-state index in [-0.39, 0.29) is 24.9 Å². The first-order valence-corrected chi connectivity index (χ1v) is 7.78. The van der Waals surface area contributed by atoms with Crippen molar-refractivity contribution in [2.75, 3.05) is 11.4 Å². The van der Waals surface area contributed by atoms with Gasteiger partial charge in [-0.1, -0.05) is 48.0 Å². The van der Waals surface area contributed by atoms with E-state index < -0.39 is 5.92 Å². The Kier molecular flexibility index (Phi) is 4.63. The summed E-state index contributed by atoms with van der Waals surface area (Å²) in [5.41, 5.74) is 1.56. The molecule has 5 heteroatoms. The molecule has 4 nitrogen and oxygen atoms in total. The van der Waals surface area contributed by atoms with Crippen molar-refractivity contribution >= 4 is 29.2 Å². The van der Waals surface area contributed by atoms with Crippen LogP contribution in [0.15, 0.2) is 54.6 Å². The highest BCUT2D eigenvalue weighted by atomic mass is 35.5. The molecule has 2 aromatic rings. The van der Waals surface area contributed by atoms with Crippen molar-refractivity contribution in [3.8, 4) is 0 Å². The number of hydrogen-bond donors (Lipinski definition) is 0. The molecule has 1 atom stereocenters. The van der Waals surface area contributed by atoms with Crippen molar-refractivity contribution in [1.29, 1.82) is 0 Å². The predicted octanol–water partition coefficient (Wildman–Crippen LogP) is 3.44. The van der Waals surface area contributed by atoms with Gasteiger partial charge >= 0.3 is 5.97 Å². The topological polar surface area (TPSA) is 46.6 Å². The maximum absolute atomic E-state index is 12.2. The predicted molar refractivity (Wildman–Crippen MR) is 88.2 cm³/mol. The number of hydrogen-bond acceptors (Lipinski definition) is 3. The van der Waals surface area contributed by atoms with Crippen LogP contribution >= 0.6 is 11.6 Å². The Balaban J connectivity index is 1.61. The van der Waals surface area contributed by atoms with E-state index in [1.54, 1.807) is 11.0 Å². The van der Waals surface area contributed by atoms with Crippen LogP contribution in [0.2, 0.25) is 5.02 Å². The van der Waals surface area contributed by atoms with Gasteiger partial charge in [0.1, 0.15) is 6.61 Å². The van der Waals surface area contributed by atoms with Crippen molar-refractivity contribution < 1.29 is 14.3 Å². The number of benzene rings is 2. The number of ether oxygens (including phenoxy) is 1. The zero-order chi connectivity index (χ0) is 16.2. The Labute approximate surface area is 139 Å². The average molecular weight is 330 g/mol. The zero-order valence-electron chi connectivity index (χ0n) is 12.4. The molecule has 1 amide bonds. The van der Waals surface area contributed by atoms with Crippen molar-refractivity contribution in [3.63, 3.8) is 0 Å². The smallest absolute Gasteiger partial charge is 0.311 e. The van der Waals surface area contributed by atoms with Gasteiger partial charge in [-0.15, -0.1) is 0 Å². The molecule has 1 heterocycles. The normalized spacial score (nSPS) is 17.3. The van der Waals surface area contributed by atoms with Gasteiger partial charge in [0.25, 0.3) is 0 Å². The zero-order valence-corrected chi connectivity index (χ0v) is 13.2. The largest absolute Gasteiger partial charge is 0.460 e. The summed E-state index contributed by atoms with van der Waals surface area (Å²) >= 11 is 6.04. The number of esters is 1. The molecule has 1 aliphatic rings. The fourth-order valence-electron chi connectivity index (χ4n) is 2.61. The lowest BCUT2D eigenvalue weighted by Crippen LogP contribution is -2.26. The fraction of sp³-hybridized carbons (Fsp3) is 0.222. The fourth-order valence-corrected chi connectivity index (χ4v) is 2.80. The van der Waals surface area contributed by atoms with Gasteiger partial charge in [0, 0.05) is 29.2 Å². The highest BCUT2D eigenvalue weighted by molar-refractivity contribution is 6.31. The molecule has 0 radical (unpaired) electrons. The van der Waals surface area contributed by atoms with Crippen LogP contribution in [-0.2, 0) is 20.9 Å². The first-order chi connectivity index (χ1) is 11.1. The molecule has 118 valence electrons. The van der Waals surface area contributed by atoms with Gasteiger partial charge in [-0.05, 0) is 18.2 Å². The molecule has 1 fully saturated rings. The van der Waals surface area contributed by atoms with E-state index in [4.69, 9.17) is 16.3 Å². The quantitative estimate of drug-likeness (QED) is 0.807. The van der Waals surface area contributed by atoms with E-state index in [0.29, 0.717) is 11.6 Å². The summed E-state index contributed by atoms with van der Waals surface area (Å²) in [5, 5.41) is 0.564. The molecule has 1 aliphatic heterocycles. The number of rotatable bonds is 4. The van der Waals surface area contributed by atoms with Crippen molar-refractivity contribution in [1.82, 2.24) is 0 Å². The van der Waals surface area contributed by atoms with Crippen LogP contribution < -0.4 is 4.90 Å². The summed E-state index contributed by atoms with van der Waals surface area (Å²) in [5.74, 6) is -0.863. The van der Waals surface area contributed by atoms with E-state index in [2.05, 4.69) is 0 Å². The molecule has 0 aliphatic carbocycles. The second kappa shape index (κ2) is 6.84. The minimum Gasteiger partial charge on any atom is -0.460 e. The van der Waals surface area contributed by atoms with Gasteiger partial charge in [-0.3, -0.25) is 9.59 Å². The Morgan fingerprint density at radius 3 is 2.57 bits per heavy atom. The van der Waals surface area contributed by atoms with E-state index in [0.717, 1.165) is 11.3 Å². The van der Waals surface area contributed by atoms with E-state index in [9.17, 15) is 9.59 Å². The van der Waals surface area contributed by atoms with Gasteiger partial charge in [0.15, 0.2) is 0 Å². The van der Waals surface area contributed by atoms with Crippen molar-refractivity contribution in [3.05, 3.63) is 65.2 Å². The molecule has 0 aromatic heterocycles. The van der Waals surface area contributed by atoms with Gasteiger partial charge in [-0.25, -0.2) is 0 Å². The number of anilines is 1. The van der Waals surface area contributed by atoms with E-state index in [1.807, 2.05) is 48.5 Å². The lowest BCUT2D eigenvalue weighted by atomic mass is 10.1. The van der Waals surface area contributed by atoms with Crippen molar-refractivity contribution in [2.45, 2.75) is 13.0 Å². The van der Waals surface area contributed by atoms with Crippen molar-refractivity contribution in [2.24, 2.45) is 5.92 Å². The molecule has 0 bridgehead atoms. The standard InChI is InChI=1S/C18H16ClNO3/c19-16-9-5-4-6-13(16)12-23-18(22)14-10-17(21)20(11-14)15-7-2-1-3-8-15/h1-9,14H,10-12H2. The SMILES string of the molecule is O=C(OCc1ccccc1Cl)C1CC(=O)N(c2ccccc2)C1. The molecule has 0 N–H and O–H groups in total. The number of halogens is 1. The third-order valence-electron chi connectivity index (χ3n) is 3.85. The number of carbonyl (C=O) groups is 2. The second-order valence-corrected chi connectivity index (χ2v) is 5.85. The molecule has 2 aromatic carbocycles. The first-order valence-electron chi connectivity index (χ1n) is 7.40. The molecule has 1 unspecified atom stereocenters. The minimum absolute atomic E-state index is 0.0594. The number of para-hydroxylation sites is 1. The van der Waals surface area contributed by atoms with Gasteiger partial charge < -0.3 is 9.64 Å². The van der Waals surface area contributed by atoms with Crippen LogP contribution in [-0.4, -0.2) is 18.4 Å².